The van der Waals surface area contributed by atoms with Crippen molar-refractivity contribution in [3.63, 3.8) is 0 Å². The Bertz CT molecular complexity index is 897. The van der Waals surface area contributed by atoms with Crippen LogP contribution in [0.5, 0.6) is 0 Å². The molecule has 1 N–H and O–H groups in total. The summed E-state index contributed by atoms with van der Waals surface area (Å²) < 4.78 is 13.3. The first-order valence-electron chi connectivity index (χ1n) is 9.04. The van der Waals surface area contributed by atoms with Crippen LogP contribution in [-0.4, -0.2) is 22.8 Å². The van der Waals surface area contributed by atoms with E-state index >= 15 is 0 Å². The zero-order valence-electron chi connectivity index (χ0n) is 15.9. The molecule has 0 saturated heterocycles. The summed E-state index contributed by atoms with van der Waals surface area (Å²) in [5.41, 5.74) is 2.91. The molecule has 2 aromatic rings. The van der Waals surface area contributed by atoms with Gasteiger partial charge in [-0.2, -0.15) is 0 Å². The largest absolute Gasteiger partial charge is 0.350 e. The van der Waals surface area contributed by atoms with Gasteiger partial charge in [0.1, 0.15) is 11.5 Å². The fourth-order valence-corrected chi connectivity index (χ4v) is 3.11. The molecule has 0 saturated carbocycles. The summed E-state index contributed by atoms with van der Waals surface area (Å²) in [6.45, 7) is 7.80. The van der Waals surface area contributed by atoms with E-state index in [2.05, 4.69) is 19.2 Å². The average Bonchev–Trinajstić information content (AvgIpc) is 2.86. The van der Waals surface area contributed by atoms with Crippen molar-refractivity contribution in [1.82, 2.24) is 4.90 Å². The van der Waals surface area contributed by atoms with Crippen molar-refractivity contribution in [3.8, 4) is 0 Å². The summed E-state index contributed by atoms with van der Waals surface area (Å²) in [6, 6.07) is 13.1. The highest BCUT2D eigenvalue weighted by molar-refractivity contribution is 6.36. The topological polar surface area (TPSA) is 49.4 Å². The van der Waals surface area contributed by atoms with Crippen LogP contribution in [0, 0.1) is 5.82 Å². The van der Waals surface area contributed by atoms with Crippen molar-refractivity contribution in [2.45, 2.75) is 39.7 Å². The number of rotatable bonds is 5. The first-order valence-corrected chi connectivity index (χ1v) is 9.04. The molecule has 0 atom stereocenters. The highest BCUT2D eigenvalue weighted by atomic mass is 19.1. The van der Waals surface area contributed by atoms with Gasteiger partial charge in [0.05, 0.1) is 5.57 Å². The molecule has 27 heavy (non-hydrogen) atoms. The number of hydrogen-bond acceptors (Lipinski definition) is 3. The van der Waals surface area contributed by atoms with Gasteiger partial charge in [0.25, 0.3) is 11.8 Å². The molecular formula is C22H23FN2O2. The molecule has 2 amide bonds. The number of amides is 2. The number of hydrogen-bond donors (Lipinski definition) is 1. The molecule has 1 aliphatic rings. The van der Waals surface area contributed by atoms with Crippen molar-refractivity contribution in [2.75, 3.05) is 5.32 Å². The van der Waals surface area contributed by atoms with E-state index in [1.165, 1.54) is 34.7 Å². The average molecular weight is 366 g/mol. The Morgan fingerprint density at radius 1 is 0.852 bits per heavy atom. The summed E-state index contributed by atoms with van der Waals surface area (Å²) >= 11 is 0. The van der Waals surface area contributed by atoms with Crippen LogP contribution in [0.25, 0.3) is 5.57 Å². The number of nitrogens with zero attached hydrogens (tertiary/aromatic N) is 1. The second-order valence-electron chi connectivity index (χ2n) is 7.23. The van der Waals surface area contributed by atoms with Crippen molar-refractivity contribution in [2.24, 2.45) is 0 Å². The molecule has 3 rings (SSSR count). The van der Waals surface area contributed by atoms with Gasteiger partial charge in [-0.25, -0.2) is 4.39 Å². The van der Waals surface area contributed by atoms with Crippen molar-refractivity contribution in [1.29, 1.82) is 0 Å². The van der Waals surface area contributed by atoms with Gasteiger partial charge in [-0.3, -0.25) is 14.5 Å². The molecular weight excluding hydrogens is 343 g/mol. The number of anilines is 1. The first-order chi connectivity index (χ1) is 12.8. The molecule has 1 aliphatic heterocycles. The van der Waals surface area contributed by atoms with E-state index < -0.39 is 5.82 Å². The lowest BCUT2D eigenvalue weighted by Crippen LogP contribution is -2.38. The molecule has 0 aliphatic carbocycles. The lowest BCUT2D eigenvalue weighted by Gasteiger charge is -2.19. The second-order valence-corrected chi connectivity index (χ2v) is 7.23. The summed E-state index contributed by atoms with van der Waals surface area (Å²) in [5.74, 6) is -0.736. The summed E-state index contributed by atoms with van der Waals surface area (Å²) in [6.07, 6.45) is 0. The highest BCUT2D eigenvalue weighted by Crippen LogP contribution is 2.32. The Balaban J connectivity index is 2.04. The van der Waals surface area contributed by atoms with Gasteiger partial charge in [-0.05, 0) is 55.2 Å². The SMILES string of the molecule is CC(C)c1ccc(NC2=C(c3ccc(F)cc3)C(=O)N(C(C)C)C2=O)cc1. The van der Waals surface area contributed by atoms with Crippen molar-refractivity contribution in [3.05, 3.63) is 71.2 Å². The summed E-state index contributed by atoms with van der Waals surface area (Å²) in [4.78, 5) is 27.0. The molecule has 2 aromatic carbocycles. The standard InChI is InChI=1S/C22H23FN2O2/c1-13(2)15-7-11-18(12-8-15)24-20-19(16-5-9-17(23)10-6-16)21(26)25(14(3)4)22(20)27/h5-14,24H,1-4H3. The van der Waals surface area contributed by atoms with Crippen LogP contribution in [0.15, 0.2) is 54.2 Å². The Kier molecular flexibility index (Phi) is 5.13. The number of benzene rings is 2. The number of carbonyl (C=O) groups is 2. The normalized spacial score (nSPS) is 14.7. The van der Waals surface area contributed by atoms with E-state index in [-0.39, 0.29) is 29.1 Å². The summed E-state index contributed by atoms with van der Waals surface area (Å²) in [7, 11) is 0. The quantitative estimate of drug-likeness (QED) is 0.790. The van der Waals surface area contributed by atoms with Crippen LogP contribution in [-0.2, 0) is 9.59 Å². The Hall–Kier alpha value is -2.95. The monoisotopic (exact) mass is 366 g/mol. The molecule has 0 fully saturated rings. The molecule has 4 nitrogen and oxygen atoms in total. The smallest absolute Gasteiger partial charge is 0.278 e. The van der Waals surface area contributed by atoms with Gasteiger partial charge in [0.15, 0.2) is 0 Å². The minimum atomic E-state index is -0.393. The third-order valence-corrected chi connectivity index (χ3v) is 4.61. The van der Waals surface area contributed by atoms with Gasteiger partial charge in [-0.1, -0.05) is 38.1 Å². The molecule has 0 unspecified atom stereocenters. The third-order valence-electron chi connectivity index (χ3n) is 4.61. The van der Waals surface area contributed by atoms with Gasteiger partial charge in [-0.15, -0.1) is 0 Å². The molecule has 140 valence electrons. The fraction of sp³-hybridized carbons (Fsp3) is 0.273. The molecule has 0 spiro atoms. The molecule has 0 radical (unpaired) electrons. The van der Waals surface area contributed by atoms with Gasteiger partial charge < -0.3 is 5.32 Å². The van der Waals surface area contributed by atoms with Crippen LogP contribution in [0.4, 0.5) is 10.1 Å². The number of imide groups is 1. The number of nitrogens with one attached hydrogen (secondary N) is 1. The fourth-order valence-electron chi connectivity index (χ4n) is 3.11. The van der Waals surface area contributed by atoms with Gasteiger partial charge in [0.2, 0.25) is 0 Å². The predicted octanol–water partition coefficient (Wildman–Crippen LogP) is 4.55. The molecule has 0 bridgehead atoms. The molecule has 1 heterocycles. The lowest BCUT2D eigenvalue weighted by atomic mass is 10.0. The van der Waals surface area contributed by atoms with Crippen LogP contribution in [0.1, 0.15) is 44.7 Å². The lowest BCUT2D eigenvalue weighted by molar-refractivity contribution is -0.138. The molecule has 5 heteroatoms. The van der Waals surface area contributed by atoms with Crippen molar-refractivity contribution >= 4 is 23.1 Å². The minimum absolute atomic E-state index is 0.220. The zero-order chi connectivity index (χ0) is 19.7. The van der Waals surface area contributed by atoms with E-state index in [0.717, 1.165) is 5.69 Å². The Morgan fingerprint density at radius 2 is 1.44 bits per heavy atom. The van der Waals surface area contributed by atoms with Crippen LogP contribution >= 0.6 is 0 Å². The van der Waals surface area contributed by atoms with E-state index in [1.807, 2.05) is 24.3 Å². The van der Waals surface area contributed by atoms with E-state index in [0.29, 0.717) is 11.5 Å². The third kappa shape index (κ3) is 3.63. The Labute approximate surface area is 158 Å². The number of carbonyl (C=O) groups excluding carboxylic acids is 2. The summed E-state index contributed by atoms with van der Waals surface area (Å²) in [5, 5.41) is 3.11. The Morgan fingerprint density at radius 3 is 1.96 bits per heavy atom. The highest BCUT2D eigenvalue weighted by Gasteiger charge is 2.40. The van der Waals surface area contributed by atoms with E-state index in [1.54, 1.807) is 13.8 Å². The second kappa shape index (κ2) is 7.35. The minimum Gasteiger partial charge on any atom is -0.350 e. The van der Waals surface area contributed by atoms with Crippen LogP contribution < -0.4 is 5.32 Å². The van der Waals surface area contributed by atoms with Gasteiger partial charge in [0, 0.05) is 11.7 Å². The molecule has 0 aromatic heterocycles. The van der Waals surface area contributed by atoms with E-state index in [9.17, 15) is 14.0 Å². The zero-order valence-corrected chi connectivity index (χ0v) is 15.9. The maximum Gasteiger partial charge on any atom is 0.278 e. The maximum absolute atomic E-state index is 13.3. The van der Waals surface area contributed by atoms with E-state index in [4.69, 9.17) is 0 Å². The van der Waals surface area contributed by atoms with Gasteiger partial charge >= 0.3 is 0 Å². The van der Waals surface area contributed by atoms with Crippen LogP contribution in [0.2, 0.25) is 0 Å². The van der Waals surface area contributed by atoms with Crippen LogP contribution in [0.3, 0.4) is 0 Å². The van der Waals surface area contributed by atoms with Crippen molar-refractivity contribution < 1.29 is 14.0 Å². The maximum atomic E-state index is 13.3. The predicted molar refractivity (Wildman–Crippen MR) is 104 cm³/mol. The number of halogens is 1. The first kappa shape index (κ1) is 18.8.